The largest absolute Gasteiger partial charge is 0.394 e. The minimum Gasteiger partial charge on any atom is -0.394 e. The van der Waals surface area contributed by atoms with Crippen molar-refractivity contribution in [1.29, 1.82) is 0 Å². The van der Waals surface area contributed by atoms with Crippen molar-refractivity contribution < 1.29 is 18.7 Å². The van der Waals surface area contributed by atoms with E-state index in [-0.39, 0.29) is 24.2 Å². The van der Waals surface area contributed by atoms with Gasteiger partial charge >= 0.3 is 0 Å². The molecule has 1 saturated carbocycles. The average molecular weight is 359 g/mol. The van der Waals surface area contributed by atoms with Crippen molar-refractivity contribution >= 4 is 5.91 Å². The molecule has 0 radical (unpaired) electrons. The highest BCUT2D eigenvalue weighted by molar-refractivity contribution is 5.95. The number of hydrogen-bond donors (Lipinski definition) is 1. The molecule has 1 aromatic carbocycles. The van der Waals surface area contributed by atoms with Gasteiger partial charge in [0.15, 0.2) is 11.5 Å². The van der Waals surface area contributed by atoms with E-state index >= 15 is 0 Å². The Balaban J connectivity index is 1.60. The van der Waals surface area contributed by atoms with E-state index in [0.29, 0.717) is 24.1 Å². The highest BCUT2D eigenvalue weighted by Crippen LogP contribution is 2.57. The van der Waals surface area contributed by atoms with Gasteiger partial charge in [-0.15, -0.1) is 0 Å². The number of likely N-dealkylation sites (tertiary alicyclic amines) is 1. The van der Waals surface area contributed by atoms with Crippen LogP contribution in [-0.4, -0.2) is 44.9 Å². The first-order chi connectivity index (χ1) is 12.6. The summed E-state index contributed by atoms with van der Waals surface area (Å²) in [6.07, 6.45) is 3.44. The van der Waals surface area contributed by atoms with Gasteiger partial charge in [-0.2, -0.15) is 5.10 Å². The lowest BCUT2D eigenvalue weighted by Gasteiger charge is -2.22. The summed E-state index contributed by atoms with van der Waals surface area (Å²) in [5.74, 6) is -0.723. The summed E-state index contributed by atoms with van der Waals surface area (Å²) in [5.41, 5.74) is 2.32. The summed E-state index contributed by atoms with van der Waals surface area (Å²) in [7, 11) is 0. The summed E-state index contributed by atoms with van der Waals surface area (Å²) >= 11 is 0. The number of nitrogens with zero attached hydrogens (tertiary/aromatic N) is 3. The van der Waals surface area contributed by atoms with Gasteiger partial charge in [-0.1, -0.05) is 0 Å². The first kappa shape index (κ1) is 15.9. The third-order valence-electron chi connectivity index (χ3n) is 5.95. The molecule has 26 heavy (non-hydrogen) atoms. The Kier molecular flexibility index (Phi) is 3.44. The molecule has 2 heterocycles. The number of amides is 1. The summed E-state index contributed by atoms with van der Waals surface area (Å²) in [4.78, 5) is 14.7. The van der Waals surface area contributed by atoms with E-state index in [1.807, 2.05) is 0 Å². The molecule has 2 aliphatic carbocycles. The van der Waals surface area contributed by atoms with Gasteiger partial charge in [0.25, 0.3) is 5.91 Å². The lowest BCUT2D eigenvalue weighted by atomic mass is 10.1. The third-order valence-corrected chi connectivity index (χ3v) is 5.95. The maximum atomic E-state index is 14.3. The number of carbonyl (C=O) groups is 1. The van der Waals surface area contributed by atoms with Gasteiger partial charge in [-0.05, 0) is 43.7 Å². The van der Waals surface area contributed by atoms with Crippen LogP contribution in [0.25, 0.3) is 5.69 Å². The van der Waals surface area contributed by atoms with Crippen LogP contribution in [0.15, 0.2) is 18.2 Å². The second-order valence-electron chi connectivity index (χ2n) is 7.50. The monoisotopic (exact) mass is 359 g/mol. The SMILES string of the molecule is O=C(c1nn(-c2ccc(F)cc2F)c2c1C[C@H]1C[C@@H]21)N1CCC[C@@H]1CO. The van der Waals surface area contributed by atoms with E-state index < -0.39 is 11.6 Å². The molecule has 2 aromatic rings. The van der Waals surface area contributed by atoms with Gasteiger partial charge < -0.3 is 10.0 Å². The van der Waals surface area contributed by atoms with Gasteiger partial charge in [0.2, 0.25) is 0 Å². The standard InChI is InChI=1S/C19H19F2N3O2/c20-11-3-4-16(15(21)8-11)24-18-13-6-10(13)7-14(18)17(22-24)19(26)23-5-1-2-12(23)9-25/h3-4,8,10,12-13,25H,1-2,5-7,9H2/t10-,12-,13-/m1/s1. The predicted molar refractivity (Wildman–Crippen MR) is 89.2 cm³/mol. The number of aromatic nitrogens is 2. The second-order valence-corrected chi connectivity index (χ2v) is 7.50. The molecule has 1 amide bonds. The summed E-state index contributed by atoms with van der Waals surface area (Å²) in [5, 5.41) is 14.0. The Labute approximate surface area is 149 Å². The van der Waals surface area contributed by atoms with Gasteiger partial charge in [0, 0.05) is 24.1 Å². The number of rotatable bonds is 3. The van der Waals surface area contributed by atoms with Crippen LogP contribution >= 0.6 is 0 Å². The molecule has 1 aliphatic heterocycles. The molecular formula is C19H19F2N3O2. The summed E-state index contributed by atoms with van der Waals surface area (Å²) in [6, 6.07) is 3.23. The molecule has 1 N–H and O–H groups in total. The molecule has 3 aliphatic rings. The van der Waals surface area contributed by atoms with Gasteiger partial charge in [0.05, 0.1) is 18.3 Å². The molecule has 7 heteroatoms. The first-order valence-corrected chi connectivity index (χ1v) is 9.07. The molecule has 1 aromatic heterocycles. The van der Waals surface area contributed by atoms with Gasteiger partial charge in [-0.3, -0.25) is 4.79 Å². The Morgan fingerprint density at radius 1 is 1.35 bits per heavy atom. The normalized spacial score (nSPS) is 26.1. The van der Waals surface area contributed by atoms with E-state index in [9.17, 15) is 18.7 Å². The van der Waals surface area contributed by atoms with Crippen LogP contribution in [0.1, 0.15) is 46.9 Å². The predicted octanol–water partition coefficient (Wildman–Crippen LogP) is 2.41. The molecule has 0 bridgehead atoms. The number of aliphatic hydroxyl groups is 1. The maximum absolute atomic E-state index is 14.3. The first-order valence-electron chi connectivity index (χ1n) is 9.07. The fourth-order valence-electron chi connectivity index (χ4n) is 4.55. The molecule has 5 rings (SSSR count). The van der Waals surface area contributed by atoms with E-state index in [0.717, 1.165) is 43.0 Å². The Morgan fingerprint density at radius 3 is 2.96 bits per heavy atom. The smallest absolute Gasteiger partial charge is 0.274 e. The van der Waals surface area contributed by atoms with Crippen LogP contribution in [0.4, 0.5) is 8.78 Å². The number of carbonyl (C=O) groups excluding carboxylic acids is 1. The molecule has 0 spiro atoms. The molecule has 3 atom stereocenters. The fourth-order valence-corrected chi connectivity index (χ4v) is 4.55. The van der Waals surface area contributed by atoms with E-state index in [4.69, 9.17) is 0 Å². The molecular weight excluding hydrogens is 340 g/mol. The van der Waals surface area contributed by atoms with Crippen molar-refractivity contribution in [2.75, 3.05) is 13.2 Å². The van der Waals surface area contributed by atoms with Crippen LogP contribution in [-0.2, 0) is 6.42 Å². The van der Waals surface area contributed by atoms with Gasteiger partial charge in [-0.25, -0.2) is 13.5 Å². The molecule has 136 valence electrons. The van der Waals surface area contributed by atoms with Crippen LogP contribution in [0.2, 0.25) is 0 Å². The minimum atomic E-state index is -0.687. The second kappa shape index (κ2) is 5.61. The highest BCUT2D eigenvalue weighted by Gasteiger charge is 2.51. The molecule has 0 unspecified atom stereocenters. The van der Waals surface area contributed by atoms with Crippen molar-refractivity contribution in [3.05, 3.63) is 46.8 Å². The van der Waals surface area contributed by atoms with Crippen LogP contribution in [0.5, 0.6) is 0 Å². The number of benzene rings is 1. The summed E-state index contributed by atoms with van der Waals surface area (Å²) < 4.78 is 29.1. The highest BCUT2D eigenvalue weighted by atomic mass is 19.1. The molecule has 5 nitrogen and oxygen atoms in total. The van der Waals surface area contributed by atoms with Crippen LogP contribution < -0.4 is 0 Å². The topological polar surface area (TPSA) is 58.4 Å². The number of halogens is 2. The third kappa shape index (κ3) is 2.23. The number of hydrogen-bond acceptors (Lipinski definition) is 3. The number of aliphatic hydroxyl groups excluding tert-OH is 1. The number of fused-ring (bicyclic) bond motifs is 3. The zero-order valence-corrected chi connectivity index (χ0v) is 14.2. The van der Waals surface area contributed by atoms with E-state index in [1.54, 1.807) is 4.90 Å². The van der Waals surface area contributed by atoms with Crippen molar-refractivity contribution in [2.45, 2.75) is 37.6 Å². The summed E-state index contributed by atoms with van der Waals surface area (Å²) in [6.45, 7) is 0.538. The minimum absolute atomic E-state index is 0.0630. The zero-order chi connectivity index (χ0) is 18.0. The fraction of sp³-hybridized carbons (Fsp3) is 0.474. The Bertz CT molecular complexity index is 910. The molecule has 1 saturated heterocycles. The lowest BCUT2D eigenvalue weighted by Crippen LogP contribution is -2.38. The average Bonchev–Trinajstić information content (AvgIpc) is 3.01. The zero-order valence-electron chi connectivity index (χ0n) is 14.2. The molecule has 2 fully saturated rings. The van der Waals surface area contributed by atoms with Crippen molar-refractivity contribution in [2.24, 2.45) is 5.92 Å². The lowest BCUT2D eigenvalue weighted by molar-refractivity contribution is 0.0670. The van der Waals surface area contributed by atoms with E-state index in [1.165, 1.54) is 16.8 Å². The Morgan fingerprint density at radius 2 is 2.19 bits per heavy atom. The van der Waals surface area contributed by atoms with Crippen molar-refractivity contribution in [3.8, 4) is 5.69 Å². The van der Waals surface area contributed by atoms with E-state index in [2.05, 4.69) is 5.10 Å². The van der Waals surface area contributed by atoms with Crippen LogP contribution in [0.3, 0.4) is 0 Å². The van der Waals surface area contributed by atoms with Crippen molar-refractivity contribution in [1.82, 2.24) is 14.7 Å². The van der Waals surface area contributed by atoms with Crippen LogP contribution in [0, 0.1) is 17.6 Å². The van der Waals surface area contributed by atoms with Gasteiger partial charge in [0.1, 0.15) is 11.5 Å². The Hall–Kier alpha value is -2.28. The maximum Gasteiger partial charge on any atom is 0.274 e. The quantitative estimate of drug-likeness (QED) is 0.916. The van der Waals surface area contributed by atoms with Crippen molar-refractivity contribution in [3.63, 3.8) is 0 Å².